The lowest BCUT2D eigenvalue weighted by atomic mass is 9.74. The van der Waals surface area contributed by atoms with Gasteiger partial charge >= 0.3 is 0 Å². The molecule has 0 fully saturated rings. The van der Waals surface area contributed by atoms with Gasteiger partial charge in [0, 0.05) is 22.3 Å². The molecule has 0 atom stereocenters. The van der Waals surface area contributed by atoms with Crippen LogP contribution in [0.25, 0.3) is 5.78 Å². The maximum atomic E-state index is 6.27. The predicted molar refractivity (Wildman–Crippen MR) is 71.5 cm³/mol. The highest BCUT2D eigenvalue weighted by Gasteiger charge is 2.39. The lowest BCUT2D eigenvalue weighted by Crippen LogP contribution is -2.51. The highest BCUT2D eigenvalue weighted by Crippen LogP contribution is 2.32. The first-order valence-electron chi connectivity index (χ1n) is 6.13. The summed E-state index contributed by atoms with van der Waals surface area (Å²) in [6.45, 7) is 12.2. The Bertz CT molecular complexity index is 589. The maximum absolute atomic E-state index is 6.27. The van der Waals surface area contributed by atoms with E-state index in [4.69, 9.17) is 5.73 Å². The standard InChI is InChI=1S/C13H21N5/c1-8-7-9(2)18-10(16-17-11(18)15-8)12(3,4)13(5,6)14/h7H,14H2,1-6H3. The largest absolute Gasteiger partial charge is 0.325 e. The van der Waals surface area contributed by atoms with Gasteiger partial charge in [0.05, 0.1) is 0 Å². The van der Waals surface area contributed by atoms with E-state index >= 15 is 0 Å². The molecular formula is C13H21N5. The van der Waals surface area contributed by atoms with E-state index in [-0.39, 0.29) is 5.41 Å². The Kier molecular flexibility index (Phi) is 2.70. The summed E-state index contributed by atoms with van der Waals surface area (Å²) < 4.78 is 1.99. The number of hydrogen-bond donors (Lipinski definition) is 1. The number of nitrogens with two attached hydrogens (primary N) is 1. The van der Waals surface area contributed by atoms with Crippen molar-refractivity contribution in [3.05, 3.63) is 23.3 Å². The predicted octanol–water partition coefficient (Wildman–Crippen LogP) is 1.76. The average Bonchev–Trinajstić information content (AvgIpc) is 2.59. The highest BCUT2D eigenvalue weighted by molar-refractivity contribution is 5.35. The molecule has 2 aromatic rings. The van der Waals surface area contributed by atoms with Crippen LogP contribution in [0, 0.1) is 13.8 Å². The molecule has 2 rings (SSSR count). The molecule has 0 radical (unpaired) electrons. The second-order valence-corrected chi connectivity index (χ2v) is 6.04. The highest BCUT2D eigenvalue weighted by atomic mass is 15.3. The van der Waals surface area contributed by atoms with Crippen molar-refractivity contribution < 1.29 is 0 Å². The van der Waals surface area contributed by atoms with Crippen LogP contribution in [0.4, 0.5) is 0 Å². The van der Waals surface area contributed by atoms with E-state index in [1.165, 1.54) is 0 Å². The van der Waals surface area contributed by atoms with Crippen molar-refractivity contribution in [1.82, 2.24) is 19.6 Å². The van der Waals surface area contributed by atoms with Crippen molar-refractivity contribution >= 4 is 5.78 Å². The van der Waals surface area contributed by atoms with Gasteiger partial charge in [-0.1, -0.05) is 13.8 Å². The van der Waals surface area contributed by atoms with Gasteiger partial charge in [-0.05, 0) is 33.8 Å². The zero-order valence-corrected chi connectivity index (χ0v) is 11.9. The van der Waals surface area contributed by atoms with E-state index in [1.54, 1.807) is 0 Å². The molecule has 0 aromatic carbocycles. The van der Waals surface area contributed by atoms with Crippen molar-refractivity contribution in [1.29, 1.82) is 0 Å². The van der Waals surface area contributed by atoms with Crippen molar-refractivity contribution in [2.75, 3.05) is 0 Å². The number of nitrogens with zero attached hydrogens (tertiary/aromatic N) is 4. The first kappa shape index (κ1) is 13.0. The van der Waals surface area contributed by atoms with E-state index in [9.17, 15) is 0 Å². The third-order valence-electron chi connectivity index (χ3n) is 3.86. The molecule has 0 amide bonds. The summed E-state index contributed by atoms with van der Waals surface area (Å²) in [6, 6.07) is 2.03. The van der Waals surface area contributed by atoms with Gasteiger partial charge in [-0.15, -0.1) is 10.2 Å². The van der Waals surface area contributed by atoms with Crippen LogP contribution in [0.15, 0.2) is 6.07 Å². The lowest BCUT2D eigenvalue weighted by Gasteiger charge is -2.37. The maximum Gasteiger partial charge on any atom is 0.255 e. The van der Waals surface area contributed by atoms with Gasteiger partial charge in [-0.25, -0.2) is 4.98 Å². The minimum Gasteiger partial charge on any atom is -0.325 e. The minimum absolute atomic E-state index is 0.298. The van der Waals surface area contributed by atoms with E-state index < -0.39 is 5.54 Å². The van der Waals surface area contributed by atoms with E-state index in [0.29, 0.717) is 5.78 Å². The van der Waals surface area contributed by atoms with Crippen molar-refractivity contribution in [3.8, 4) is 0 Å². The van der Waals surface area contributed by atoms with Crippen LogP contribution in [0.1, 0.15) is 44.9 Å². The number of hydrogen-bond acceptors (Lipinski definition) is 4. The summed E-state index contributed by atoms with van der Waals surface area (Å²) in [5, 5.41) is 8.47. The molecule has 0 aliphatic heterocycles. The molecule has 0 aliphatic rings. The zero-order chi connectivity index (χ0) is 13.7. The van der Waals surface area contributed by atoms with Gasteiger partial charge < -0.3 is 5.73 Å². The summed E-state index contributed by atoms with van der Waals surface area (Å²) in [5.41, 5.74) is 7.61. The molecule has 0 spiro atoms. The van der Waals surface area contributed by atoms with Crippen LogP contribution in [0.5, 0.6) is 0 Å². The van der Waals surface area contributed by atoms with Gasteiger partial charge in [-0.3, -0.25) is 4.40 Å². The molecule has 2 aromatic heterocycles. The molecule has 2 heterocycles. The van der Waals surface area contributed by atoms with Gasteiger partial charge in [0.1, 0.15) is 5.82 Å². The number of aromatic nitrogens is 4. The molecule has 5 nitrogen and oxygen atoms in total. The number of rotatable bonds is 2. The Hall–Kier alpha value is -1.49. The van der Waals surface area contributed by atoms with E-state index in [2.05, 4.69) is 29.0 Å². The normalized spacial score (nSPS) is 13.3. The molecule has 0 unspecified atom stereocenters. The molecule has 0 saturated carbocycles. The van der Waals surface area contributed by atoms with Crippen LogP contribution in [-0.4, -0.2) is 25.1 Å². The Morgan fingerprint density at radius 1 is 1.11 bits per heavy atom. The van der Waals surface area contributed by atoms with Crippen molar-refractivity contribution in [2.24, 2.45) is 5.73 Å². The van der Waals surface area contributed by atoms with Crippen LogP contribution < -0.4 is 5.73 Å². The van der Waals surface area contributed by atoms with Gasteiger partial charge in [-0.2, -0.15) is 0 Å². The summed E-state index contributed by atoms with van der Waals surface area (Å²) in [5.74, 6) is 1.50. The van der Waals surface area contributed by atoms with Crippen LogP contribution in [-0.2, 0) is 5.41 Å². The molecule has 18 heavy (non-hydrogen) atoms. The Morgan fingerprint density at radius 3 is 2.28 bits per heavy atom. The first-order valence-corrected chi connectivity index (χ1v) is 6.13. The molecule has 2 N–H and O–H groups in total. The van der Waals surface area contributed by atoms with Gasteiger partial charge in [0.2, 0.25) is 0 Å². The smallest absolute Gasteiger partial charge is 0.255 e. The topological polar surface area (TPSA) is 69.1 Å². The summed E-state index contributed by atoms with van der Waals surface area (Å²) in [6.07, 6.45) is 0. The SMILES string of the molecule is Cc1cc(C)n2c(C(C)(C)C(C)(C)N)nnc2n1. The molecule has 0 bridgehead atoms. The third-order valence-corrected chi connectivity index (χ3v) is 3.86. The molecule has 5 heteroatoms. The average molecular weight is 247 g/mol. The Morgan fingerprint density at radius 2 is 1.72 bits per heavy atom. The van der Waals surface area contributed by atoms with E-state index in [0.717, 1.165) is 17.2 Å². The van der Waals surface area contributed by atoms with Crippen LogP contribution in [0.3, 0.4) is 0 Å². The Labute approximate surface area is 107 Å². The molecule has 98 valence electrons. The van der Waals surface area contributed by atoms with Gasteiger partial charge in [0.15, 0.2) is 0 Å². The second kappa shape index (κ2) is 3.75. The lowest BCUT2D eigenvalue weighted by molar-refractivity contribution is 0.288. The quantitative estimate of drug-likeness (QED) is 0.878. The van der Waals surface area contributed by atoms with Crippen molar-refractivity contribution in [2.45, 2.75) is 52.5 Å². The summed E-state index contributed by atoms with van der Waals surface area (Å²) in [4.78, 5) is 4.40. The fraction of sp³-hybridized carbons (Fsp3) is 0.615. The Balaban J connectivity index is 2.74. The second-order valence-electron chi connectivity index (χ2n) is 6.04. The fourth-order valence-electron chi connectivity index (χ4n) is 1.92. The summed E-state index contributed by atoms with van der Waals surface area (Å²) >= 11 is 0. The molecular weight excluding hydrogens is 226 g/mol. The zero-order valence-electron chi connectivity index (χ0n) is 11.9. The van der Waals surface area contributed by atoms with E-state index in [1.807, 2.05) is 38.2 Å². The monoisotopic (exact) mass is 247 g/mol. The molecule has 0 saturated heterocycles. The summed E-state index contributed by atoms with van der Waals surface area (Å²) in [7, 11) is 0. The van der Waals surface area contributed by atoms with Crippen molar-refractivity contribution in [3.63, 3.8) is 0 Å². The third kappa shape index (κ3) is 1.79. The van der Waals surface area contributed by atoms with Crippen LogP contribution >= 0.6 is 0 Å². The first-order chi connectivity index (χ1) is 8.14. The van der Waals surface area contributed by atoms with Gasteiger partial charge in [0.25, 0.3) is 5.78 Å². The number of fused-ring (bicyclic) bond motifs is 1. The molecule has 0 aliphatic carbocycles. The number of aryl methyl sites for hydroxylation is 2. The minimum atomic E-state index is -0.396. The fourth-order valence-corrected chi connectivity index (χ4v) is 1.92. The van der Waals surface area contributed by atoms with Crippen LogP contribution in [0.2, 0.25) is 0 Å².